The van der Waals surface area contributed by atoms with Gasteiger partial charge in [0.25, 0.3) is 0 Å². The molecule has 1 heterocycles. The van der Waals surface area contributed by atoms with Crippen LogP contribution in [0.25, 0.3) is 11.4 Å². The van der Waals surface area contributed by atoms with Crippen molar-refractivity contribution >= 4 is 11.6 Å². The predicted octanol–water partition coefficient (Wildman–Crippen LogP) is 5.79. The summed E-state index contributed by atoms with van der Waals surface area (Å²) in [6.07, 6.45) is 13.0. The molecular weight excluding hydrogens is 311 g/mol. The lowest BCUT2D eigenvalue weighted by Crippen LogP contribution is -2.12. The van der Waals surface area contributed by atoms with Gasteiger partial charge in [-0.05, 0) is 68.2 Å². The number of halogens is 2. The predicted molar refractivity (Wildman–Crippen MR) is 91.9 cm³/mol. The van der Waals surface area contributed by atoms with Gasteiger partial charge in [-0.3, -0.25) is 0 Å². The average molecular weight is 331 g/mol. The third kappa shape index (κ3) is 3.78. The molecule has 23 heavy (non-hydrogen) atoms. The Hall–Kier alpha value is -1.74. The fourth-order valence-electron chi connectivity index (χ4n) is 3.25. The van der Waals surface area contributed by atoms with Gasteiger partial charge in [0, 0.05) is 18.0 Å². The van der Waals surface area contributed by atoms with Crippen LogP contribution >= 0.6 is 11.6 Å². The van der Waals surface area contributed by atoms with E-state index in [0.29, 0.717) is 23.2 Å². The molecule has 0 amide bonds. The Bertz CT molecular complexity index is 689. The van der Waals surface area contributed by atoms with E-state index in [1.165, 1.54) is 43.4 Å². The third-order valence-electron chi connectivity index (χ3n) is 4.56. The molecule has 0 atom stereocenters. The Morgan fingerprint density at radius 2 is 1.83 bits per heavy atom. The molecule has 1 fully saturated rings. The van der Waals surface area contributed by atoms with Crippen LogP contribution in [0.5, 0.6) is 0 Å². The van der Waals surface area contributed by atoms with Crippen molar-refractivity contribution in [2.45, 2.75) is 38.5 Å². The molecule has 1 aromatic heterocycles. The van der Waals surface area contributed by atoms with E-state index in [1.807, 2.05) is 12.4 Å². The first-order valence-corrected chi connectivity index (χ1v) is 8.45. The van der Waals surface area contributed by atoms with Crippen molar-refractivity contribution in [1.29, 1.82) is 0 Å². The standard InChI is InChI=1S/C19H20ClFN2/c1-2-3-13-4-6-14(7-5-13)16-11-22-19(23-12-16)15-8-9-17(20)18(21)10-15/h2-3,8-14H,4-7H2,1H3/t13-,14-. The Morgan fingerprint density at radius 1 is 1.13 bits per heavy atom. The number of nitrogens with zero attached hydrogens (tertiary/aromatic N) is 2. The summed E-state index contributed by atoms with van der Waals surface area (Å²) in [6.45, 7) is 2.08. The van der Waals surface area contributed by atoms with E-state index in [0.717, 1.165) is 0 Å². The van der Waals surface area contributed by atoms with E-state index >= 15 is 0 Å². The van der Waals surface area contributed by atoms with Crippen molar-refractivity contribution in [3.05, 3.63) is 59.1 Å². The van der Waals surface area contributed by atoms with Crippen molar-refractivity contribution in [3.63, 3.8) is 0 Å². The number of aromatic nitrogens is 2. The summed E-state index contributed by atoms with van der Waals surface area (Å²) in [5.41, 5.74) is 1.83. The molecule has 2 aromatic rings. The molecule has 0 saturated heterocycles. The van der Waals surface area contributed by atoms with E-state index in [-0.39, 0.29) is 5.02 Å². The van der Waals surface area contributed by atoms with Crippen LogP contribution in [-0.4, -0.2) is 9.97 Å². The van der Waals surface area contributed by atoms with Crippen LogP contribution in [-0.2, 0) is 0 Å². The molecule has 3 rings (SSSR count). The van der Waals surface area contributed by atoms with Gasteiger partial charge in [0.05, 0.1) is 5.02 Å². The smallest absolute Gasteiger partial charge is 0.159 e. The number of rotatable bonds is 3. The van der Waals surface area contributed by atoms with Crippen molar-refractivity contribution < 1.29 is 4.39 Å². The Kier molecular flexibility index (Phi) is 5.06. The zero-order valence-electron chi connectivity index (χ0n) is 13.2. The van der Waals surface area contributed by atoms with E-state index in [2.05, 4.69) is 29.0 Å². The molecule has 0 spiro atoms. The van der Waals surface area contributed by atoms with Gasteiger partial charge in [0.2, 0.25) is 0 Å². The molecule has 2 nitrogen and oxygen atoms in total. The Morgan fingerprint density at radius 3 is 2.43 bits per heavy atom. The van der Waals surface area contributed by atoms with Crippen LogP contribution in [0.15, 0.2) is 42.7 Å². The number of hydrogen-bond donors (Lipinski definition) is 0. The molecule has 0 aliphatic heterocycles. The summed E-state index contributed by atoms with van der Waals surface area (Å²) >= 11 is 5.71. The molecule has 120 valence electrons. The minimum absolute atomic E-state index is 0.114. The molecule has 1 aromatic carbocycles. The van der Waals surface area contributed by atoms with Crippen LogP contribution in [0, 0.1) is 11.7 Å². The first kappa shape index (κ1) is 16.1. The molecule has 4 heteroatoms. The maximum Gasteiger partial charge on any atom is 0.159 e. The van der Waals surface area contributed by atoms with E-state index in [4.69, 9.17) is 11.6 Å². The monoisotopic (exact) mass is 330 g/mol. The van der Waals surface area contributed by atoms with E-state index in [1.54, 1.807) is 6.07 Å². The lowest BCUT2D eigenvalue weighted by Gasteiger charge is -2.26. The quantitative estimate of drug-likeness (QED) is 0.666. The molecule has 1 saturated carbocycles. The second kappa shape index (κ2) is 7.22. The minimum Gasteiger partial charge on any atom is -0.236 e. The summed E-state index contributed by atoms with van der Waals surface area (Å²) in [4.78, 5) is 8.83. The molecule has 0 N–H and O–H groups in total. The van der Waals surface area contributed by atoms with E-state index < -0.39 is 5.82 Å². The molecular formula is C19H20ClFN2. The van der Waals surface area contributed by atoms with Crippen molar-refractivity contribution in [3.8, 4) is 11.4 Å². The van der Waals surface area contributed by atoms with Crippen molar-refractivity contribution in [2.75, 3.05) is 0 Å². The first-order chi connectivity index (χ1) is 11.2. The zero-order chi connectivity index (χ0) is 16.2. The van der Waals surface area contributed by atoms with Gasteiger partial charge in [-0.15, -0.1) is 0 Å². The summed E-state index contributed by atoms with van der Waals surface area (Å²) in [7, 11) is 0. The SMILES string of the molecule is CC=C[C@H]1CC[C@H](c2cnc(-c3ccc(Cl)c(F)c3)nc2)CC1. The van der Waals surface area contributed by atoms with Crippen LogP contribution in [0.2, 0.25) is 5.02 Å². The normalized spacial score (nSPS) is 21.7. The molecule has 1 aliphatic carbocycles. The summed E-state index contributed by atoms with van der Waals surface area (Å²) in [6, 6.07) is 4.65. The molecule has 0 bridgehead atoms. The van der Waals surface area contributed by atoms with Crippen LogP contribution in [0.4, 0.5) is 4.39 Å². The van der Waals surface area contributed by atoms with Crippen LogP contribution in [0.1, 0.15) is 44.1 Å². The average Bonchev–Trinajstić information content (AvgIpc) is 2.59. The molecule has 1 aliphatic rings. The van der Waals surface area contributed by atoms with Gasteiger partial charge in [-0.1, -0.05) is 23.8 Å². The zero-order valence-corrected chi connectivity index (χ0v) is 13.9. The summed E-state index contributed by atoms with van der Waals surface area (Å²) < 4.78 is 13.5. The highest BCUT2D eigenvalue weighted by molar-refractivity contribution is 6.30. The van der Waals surface area contributed by atoms with Gasteiger partial charge in [-0.25, -0.2) is 14.4 Å². The molecule has 0 unspecified atom stereocenters. The second-order valence-electron chi connectivity index (χ2n) is 6.11. The number of benzene rings is 1. The maximum atomic E-state index is 13.5. The first-order valence-electron chi connectivity index (χ1n) is 8.07. The van der Waals surface area contributed by atoms with Crippen LogP contribution < -0.4 is 0 Å². The summed E-state index contributed by atoms with van der Waals surface area (Å²) in [5.74, 6) is 1.34. The van der Waals surface area contributed by atoms with E-state index in [9.17, 15) is 4.39 Å². The number of allylic oxidation sites excluding steroid dienone is 2. The van der Waals surface area contributed by atoms with Gasteiger partial charge < -0.3 is 0 Å². The lowest BCUT2D eigenvalue weighted by molar-refractivity contribution is 0.375. The van der Waals surface area contributed by atoms with Gasteiger partial charge in [0.1, 0.15) is 5.82 Å². The molecule has 0 radical (unpaired) electrons. The largest absolute Gasteiger partial charge is 0.236 e. The highest BCUT2D eigenvalue weighted by Crippen LogP contribution is 2.36. The van der Waals surface area contributed by atoms with Crippen molar-refractivity contribution in [2.24, 2.45) is 5.92 Å². The third-order valence-corrected chi connectivity index (χ3v) is 4.86. The topological polar surface area (TPSA) is 25.8 Å². The van der Waals surface area contributed by atoms with Crippen molar-refractivity contribution in [1.82, 2.24) is 9.97 Å². The van der Waals surface area contributed by atoms with Gasteiger partial charge in [-0.2, -0.15) is 0 Å². The fourth-order valence-corrected chi connectivity index (χ4v) is 3.37. The minimum atomic E-state index is -0.445. The van der Waals surface area contributed by atoms with Gasteiger partial charge in [0.15, 0.2) is 5.82 Å². The lowest BCUT2D eigenvalue weighted by atomic mass is 9.79. The van der Waals surface area contributed by atoms with Crippen LogP contribution in [0.3, 0.4) is 0 Å². The van der Waals surface area contributed by atoms with Gasteiger partial charge >= 0.3 is 0 Å². The summed E-state index contributed by atoms with van der Waals surface area (Å²) in [5, 5.41) is 0.114. The number of hydrogen-bond acceptors (Lipinski definition) is 2. The second-order valence-corrected chi connectivity index (χ2v) is 6.51. The highest BCUT2D eigenvalue weighted by atomic mass is 35.5. The Balaban J connectivity index is 1.71. The highest BCUT2D eigenvalue weighted by Gasteiger charge is 2.21. The maximum absolute atomic E-state index is 13.5. The Labute approximate surface area is 141 Å². The fraction of sp³-hybridized carbons (Fsp3) is 0.368.